The molecule has 1 aromatic heterocycles. The molecule has 3 rings (SSSR count). The van der Waals surface area contributed by atoms with Crippen molar-refractivity contribution in [2.24, 2.45) is 0 Å². The number of nitrogens with zero attached hydrogens (tertiary/aromatic N) is 2. The lowest BCUT2D eigenvalue weighted by atomic mass is 10.2. The Morgan fingerprint density at radius 3 is 2.56 bits per heavy atom. The van der Waals surface area contributed by atoms with Crippen molar-refractivity contribution in [1.82, 2.24) is 10.2 Å². The Labute approximate surface area is 157 Å². The van der Waals surface area contributed by atoms with Crippen LogP contribution in [0.1, 0.15) is 21.8 Å². The fourth-order valence-corrected chi connectivity index (χ4v) is 2.92. The highest BCUT2D eigenvalue weighted by Crippen LogP contribution is 2.20. The van der Waals surface area contributed by atoms with Gasteiger partial charge in [0.05, 0.1) is 5.75 Å². The summed E-state index contributed by atoms with van der Waals surface area (Å²) in [5.74, 6) is 1.36. The molecular formula is C18H15BrN2O3S. The van der Waals surface area contributed by atoms with E-state index in [1.165, 1.54) is 17.3 Å². The summed E-state index contributed by atoms with van der Waals surface area (Å²) in [4.78, 5) is 12.1. The number of carbonyl (C=O) groups is 1. The van der Waals surface area contributed by atoms with Gasteiger partial charge in [-0.15, -0.1) is 10.2 Å². The van der Waals surface area contributed by atoms with E-state index in [4.69, 9.17) is 9.15 Å². The SMILES string of the molecule is Cc1ccc(OCc2nnc(SCC(=O)c3ccc(Br)cc3)o2)cc1. The minimum absolute atomic E-state index is 0.00755. The number of ether oxygens (including phenoxy) is 1. The smallest absolute Gasteiger partial charge is 0.277 e. The Morgan fingerprint density at radius 2 is 1.84 bits per heavy atom. The van der Waals surface area contributed by atoms with Crippen molar-refractivity contribution < 1.29 is 13.9 Å². The second-order valence-electron chi connectivity index (χ2n) is 5.28. The number of aromatic nitrogens is 2. The summed E-state index contributed by atoms with van der Waals surface area (Å²) in [6.45, 7) is 2.21. The molecule has 2 aromatic carbocycles. The van der Waals surface area contributed by atoms with E-state index in [2.05, 4.69) is 26.1 Å². The van der Waals surface area contributed by atoms with Gasteiger partial charge >= 0.3 is 0 Å². The van der Waals surface area contributed by atoms with Crippen LogP contribution in [0.25, 0.3) is 0 Å². The fraction of sp³-hybridized carbons (Fsp3) is 0.167. The predicted molar refractivity (Wildman–Crippen MR) is 99.0 cm³/mol. The summed E-state index contributed by atoms with van der Waals surface area (Å²) in [5, 5.41) is 8.21. The van der Waals surface area contributed by atoms with Crippen LogP contribution in [-0.2, 0) is 6.61 Å². The maximum atomic E-state index is 12.1. The Morgan fingerprint density at radius 1 is 1.12 bits per heavy atom. The van der Waals surface area contributed by atoms with Crippen molar-refractivity contribution in [1.29, 1.82) is 0 Å². The molecule has 1 heterocycles. The van der Waals surface area contributed by atoms with Gasteiger partial charge in [0, 0.05) is 10.0 Å². The molecule has 25 heavy (non-hydrogen) atoms. The highest BCUT2D eigenvalue weighted by atomic mass is 79.9. The van der Waals surface area contributed by atoms with Crippen molar-refractivity contribution >= 4 is 33.5 Å². The monoisotopic (exact) mass is 418 g/mol. The number of Topliss-reactive ketones (excluding diaryl/α,β-unsaturated/α-hetero) is 1. The van der Waals surface area contributed by atoms with Crippen LogP contribution in [0, 0.1) is 6.92 Å². The zero-order valence-corrected chi connectivity index (χ0v) is 15.8. The highest BCUT2D eigenvalue weighted by molar-refractivity contribution is 9.10. The van der Waals surface area contributed by atoms with Gasteiger partial charge < -0.3 is 9.15 Å². The zero-order valence-electron chi connectivity index (χ0n) is 13.4. The number of thioether (sulfide) groups is 1. The minimum atomic E-state index is 0.00755. The summed E-state index contributed by atoms with van der Waals surface area (Å²) in [5.41, 5.74) is 1.82. The Bertz CT molecular complexity index is 848. The lowest BCUT2D eigenvalue weighted by Gasteiger charge is -2.02. The number of hydrogen-bond acceptors (Lipinski definition) is 6. The minimum Gasteiger partial charge on any atom is -0.484 e. The lowest BCUT2D eigenvalue weighted by Crippen LogP contribution is -2.01. The molecule has 0 spiro atoms. The first-order valence-electron chi connectivity index (χ1n) is 7.53. The summed E-state index contributed by atoms with van der Waals surface area (Å²) in [6.07, 6.45) is 0. The Kier molecular flexibility index (Phi) is 5.88. The first kappa shape index (κ1) is 17.7. The van der Waals surface area contributed by atoms with Crippen molar-refractivity contribution in [2.75, 3.05) is 5.75 Å². The van der Waals surface area contributed by atoms with Gasteiger partial charge in [-0.2, -0.15) is 0 Å². The molecule has 0 N–H and O–H groups in total. The zero-order chi connectivity index (χ0) is 17.6. The first-order valence-corrected chi connectivity index (χ1v) is 9.31. The van der Waals surface area contributed by atoms with E-state index in [-0.39, 0.29) is 18.1 Å². The summed E-state index contributed by atoms with van der Waals surface area (Å²) >= 11 is 4.56. The molecule has 0 saturated heterocycles. The number of rotatable bonds is 7. The van der Waals surface area contributed by atoms with E-state index in [1.807, 2.05) is 43.3 Å². The van der Waals surface area contributed by atoms with Gasteiger partial charge in [0.15, 0.2) is 12.4 Å². The number of halogens is 1. The highest BCUT2D eigenvalue weighted by Gasteiger charge is 2.11. The van der Waals surface area contributed by atoms with E-state index < -0.39 is 0 Å². The van der Waals surface area contributed by atoms with Gasteiger partial charge in [-0.1, -0.05) is 57.5 Å². The van der Waals surface area contributed by atoms with E-state index in [0.717, 1.165) is 10.2 Å². The molecule has 0 atom stereocenters. The van der Waals surface area contributed by atoms with Gasteiger partial charge in [0.25, 0.3) is 11.1 Å². The number of ketones is 1. The van der Waals surface area contributed by atoms with Crippen LogP contribution < -0.4 is 4.74 Å². The van der Waals surface area contributed by atoms with Gasteiger partial charge in [-0.25, -0.2) is 0 Å². The van der Waals surface area contributed by atoms with Crippen LogP contribution in [0.4, 0.5) is 0 Å². The van der Waals surface area contributed by atoms with Gasteiger partial charge in [-0.05, 0) is 31.2 Å². The molecule has 128 valence electrons. The van der Waals surface area contributed by atoms with E-state index in [9.17, 15) is 4.79 Å². The summed E-state index contributed by atoms with van der Waals surface area (Å²) < 4.78 is 12.0. The average Bonchev–Trinajstić information content (AvgIpc) is 3.08. The van der Waals surface area contributed by atoms with Crippen molar-refractivity contribution in [3.63, 3.8) is 0 Å². The molecule has 0 aliphatic rings. The van der Waals surface area contributed by atoms with Crippen LogP contribution in [0.2, 0.25) is 0 Å². The largest absolute Gasteiger partial charge is 0.484 e. The van der Waals surface area contributed by atoms with Crippen LogP contribution in [0.3, 0.4) is 0 Å². The predicted octanol–water partition coefficient (Wildman–Crippen LogP) is 4.69. The molecule has 0 fully saturated rings. The maximum absolute atomic E-state index is 12.1. The maximum Gasteiger partial charge on any atom is 0.277 e. The lowest BCUT2D eigenvalue weighted by molar-refractivity contribution is 0.102. The molecule has 0 amide bonds. The molecule has 0 saturated carbocycles. The van der Waals surface area contributed by atoms with E-state index in [1.54, 1.807) is 12.1 Å². The molecule has 3 aromatic rings. The molecule has 7 heteroatoms. The quantitative estimate of drug-likeness (QED) is 0.409. The molecule has 0 unspecified atom stereocenters. The van der Waals surface area contributed by atoms with Crippen LogP contribution in [0.15, 0.2) is 62.6 Å². The third kappa shape index (κ3) is 5.17. The van der Waals surface area contributed by atoms with Crippen LogP contribution in [-0.4, -0.2) is 21.7 Å². The summed E-state index contributed by atoms with van der Waals surface area (Å²) in [6, 6.07) is 15.0. The van der Waals surface area contributed by atoms with Crippen molar-refractivity contribution in [3.8, 4) is 5.75 Å². The Balaban J connectivity index is 1.50. The third-order valence-electron chi connectivity index (χ3n) is 3.32. The topological polar surface area (TPSA) is 65.2 Å². The molecule has 0 aliphatic carbocycles. The van der Waals surface area contributed by atoms with Crippen LogP contribution in [0.5, 0.6) is 5.75 Å². The number of aryl methyl sites for hydroxylation is 1. The van der Waals surface area contributed by atoms with Gasteiger partial charge in [-0.3, -0.25) is 4.79 Å². The molecule has 0 radical (unpaired) electrons. The summed E-state index contributed by atoms with van der Waals surface area (Å²) in [7, 11) is 0. The van der Waals surface area contributed by atoms with Gasteiger partial charge in [0.2, 0.25) is 0 Å². The van der Waals surface area contributed by atoms with Crippen LogP contribution >= 0.6 is 27.7 Å². The third-order valence-corrected chi connectivity index (χ3v) is 4.67. The number of carbonyl (C=O) groups excluding carboxylic acids is 1. The molecular weight excluding hydrogens is 404 g/mol. The molecule has 0 aliphatic heterocycles. The Hall–Kier alpha value is -2.12. The second kappa shape index (κ2) is 8.31. The van der Waals surface area contributed by atoms with E-state index in [0.29, 0.717) is 16.7 Å². The van der Waals surface area contributed by atoms with Crippen molar-refractivity contribution in [2.45, 2.75) is 18.8 Å². The second-order valence-corrected chi connectivity index (χ2v) is 7.12. The molecule has 0 bridgehead atoms. The van der Waals surface area contributed by atoms with Gasteiger partial charge in [0.1, 0.15) is 5.75 Å². The average molecular weight is 419 g/mol. The van der Waals surface area contributed by atoms with E-state index >= 15 is 0 Å². The normalized spacial score (nSPS) is 10.6. The molecule has 5 nitrogen and oxygen atoms in total. The van der Waals surface area contributed by atoms with Crippen molar-refractivity contribution in [3.05, 3.63) is 70.0 Å². The first-order chi connectivity index (χ1) is 12.1. The number of benzene rings is 2. The fourth-order valence-electron chi connectivity index (χ4n) is 1.98. The standard InChI is InChI=1S/C18H15BrN2O3S/c1-12-2-8-15(9-3-12)23-10-17-20-21-18(24-17)25-11-16(22)13-4-6-14(19)7-5-13/h2-9H,10-11H2,1H3. The number of hydrogen-bond donors (Lipinski definition) is 0.